The van der Waals surface area contributed by atoms with Gasteiger partial charge in [0.05, 0.1) is 15.0 Å². The number of hydrogen-bond donors (Lipinski definition) is 1. The van der Waals surface area contributed by atoms with Crippen molar-refractivity contribution in [2.75, 3.05) is 0 Å². The van der Waals surface area contributed by atoms with Crippen LogP contribution in [0.15, 0.2) is 34.9 Å². The summed E-state index contributed by atoms with van der Waals surface area (Å²) in [5, 5.41) is 19.7. The zero-order valence-electron chi connectivity index (χ0n) is 10.1. The number of ether oxygens (including phenoxy) is 1. The summed E-state index contributed by atoms with van der Waals surface area (Å²) >= 11 is 2.96. The van der Waals surface area contributed by atoms with E-state index < -0.39 is 28.3 Å². The predicted octanol–water partition coefficient (Wildman–Crippen LogP) is 3.38. The predicted molar refractivity (Wildman–Crippen MR) is 72.0 cm³/mol. The molecule has 2 rings (SSSR count). The molecular weight excluding hydrogens is 351 g/mol. The van der Waals surface area contributed by atoms with Gasteiger partial charge in [0.2, 0.25) is 0 Å². The maximum atomic E-state index is 13.4. The van der Waals surface area contributed by atoms with Gasteiger partial charge in [-0.1, -0.05) is 0 Å². The molecule has 7 nitrogen and oxygen atoms in total. The van der Waals surface area contributed by atoms with Crippen molar-refractivity contribution >= 4 is 27.6 Å². The van der Waals surface area contributed by atoms with Gasteiger partial charge in [0.25, 0.3) is 5.88 Å². The fourth-order valence-corrected chi connectivity index (χ4v) is 1.67. The highest BCUT2D eigenvalue weighted by molar-refractivity contribution is 9.10. The summed E-state index contributed by atoms with van der Waals surface area (Å²) in [6, 6.07) is 4.58. The number of rotatable bonds is 4. The summed E-state index contributed by atoms with van der Waals surface area (Å²) in [4.78, 5) is 24.4. The lowest BCUT2D eigenvalue weighted by atomic mass is 10.2. The smallest absolute Gasteiger partial charge is 0.337 e. The van der Waals surface area contributed by atoms with Crippen LogP contribution in [0.2, 0.25) is 0 Å². The Kier molecular flexibility index (Phi) is 4.13. The number of nitro groups is 1. The van der Waals surface area contributed by atoms with Crippen molar-refractivity contribution in [2.45, 2.75) is 0 Å². The maximum absolute atomic E-state index is 13.4. The van der Waals surface area contributed by atoms with Crippen molar-refractivity contribution in [1.82, 2.24) is 4.98 Å². The molecular formula is C12H6BrFN2O5. The second-order valence-electron chi connectivity index (χ2n) is 3.79. The Morgan fingerprint density at radius 3 is 2.71 bits per heavy atom. The molecule has 0 aliphatic heterocycles. The third-order valence-corrected chi connectivity index (χ3v) is 3.02. The number of carboxylic acids is 1. The van der Waals surface area contributed by atoms with Crippen LogP contribution in [0.5, 0.6) is 11.6 Å². The number of carbonyl (C=O) groups is 1. The van der Waals surface area contributed by atoms with Crippen LogP contribution >= 0.6 is 15.9 Å². The van der Waals surface area contributed by atoms with E-state index >= 15 is 0 Å². The Bertz CT molecular complexity index is 738. The van der Waals surface area contributed by atoms with Crippen LogP contribution < -0.4 is 4.74 Å². The molecule has 0 aliphatic carbocycles. The first-order valence-electron chi connectivity index (χ1n) is 5.39. The first-order valence-corrected chi connectivity index (χ1v) is 6.18. The van der Waals surface area contributed by atoms with Gasteiger partial charge >= 0.3 is 11.7 Å². The summed E-state index contributed by atoms with van der Waals surface area (Å²) in [6.45, 7) is 0. The summed E-state index contributed by atoms with van der Waals surface area (Å²) < 4.78 is 18.7. The van der Waals surface area contributed by atoms with Gasteiger partial charge in [-0.2, -0.15) is 0 Å². The third-order valence-electron chi connectivity index (χ3n) is 2.38. The minimum absolute atomic E-state index is 0.00521. The lowest BCUT2D eigenvalue weighted by Gasteiger charge is -2.06. The topological polar surface area (TPSA) is 103 Å². The van der Waals surface area contributed by atoms with E-state index in [1.54, 1.807) is 0 Å². The highest BCUT2D eigenvalue weighted by Crippen LogP contribution is 2.31. The quantitative estimate of drug-likeness (QED) is 0.665. The Morgan fingerprint density at radius 2 is 2.14 bits per heavy atom. The molecule has 0 bridgehead atoms. The molecule has 0 saturated heterocycles. The van der Waals surface area contributed by atoms with Crippen LogP contribution in [0.1, 0.15) is 10.4 Å². The third kappa shape index (κ3) is 3.31. The van der Waals surface area contributed by atoms with E-state index in [2.05, 4.69) is 20.9 Å². The number of halogens is 2. The zero-order valence-corrected chi connectivity index (χ0v) is 11.7. The second-order valence-corrected chi connectivity index (χ2v) is 4.64. The molecule has 21 heavy (non-hydrogen) atoms. The molecule has 1 aromatic heterocycles. The minimum atomic E-state index is -1.35. The Morgan fingerprint density at radius 1 is 1.43 bits per heavy atom. The normalized spacial score (nSPS) is 10.2. The van der Waals surface area contributed by atoms with Gasteiger partial charge in [0.1, 0.15) is 11.6 Å². The fraction of sp³-hybridized carbons (Fsp3) is 0. The summed E-state index contributed by atoms with van der Waals surface area (Å²) in [5.74, 6) is -2.40. The van der Waals surface area contributed by atoms with Crippen LogP contribution in [-0.2, 0) is 0 Å². The monoisotopic (exact) mass is 356 g/mol. The molecule has 108 valence electrons. The molecule has 1 heterocycles. The average molecular weight is 357 g/mol. The van der Waals surface area contributed by atoms with Crippen molar-refractivity contribution in [3.05, 3.63) is 56.4 Å². The number of nitrogens with zero attached hydrogens (tertiary/aromatic N) is 2. The van der Waals surface area contributed by atoms with Gasteiger partial charge < -0.3 is 9.84 Å². The number of aromatic carboxylic acids is 1. The zero-order chi connectivity index (χ0) is 15.6. The highest BCUT2D eigenvalue weighted by atomic mass is 79.9. The summed E-state index contributed by atoms with van der Waals surface area (Å²) in [5.41, 5.74) is -0.978. The Labute approximate surface area is 125 Å². The SMILES string of the molecule is O=C(O)c1cnc(Oc2ccc(Br)c(F)c2)c([N+](=O)[O-])c1. The van der Waals surface area contributed by atoms with E-state index in [1.807, 2.05) is 0 Å². The lowest BCUT2D eigenvalue weighted by Crippen LogP contribution is -2.02. The fourth-order valence-electron chi connectivity index (χ4n) is 1.42. The van der Waals surface area contributed by atoms with Gasteiger partial charge in [0, 0.05) is 18.3 Å². The number of hydrogen-bond acceptors (Lipinski definition) is 5. The Balaban J connectivity index is 2.41. The average Bonchev–Trinajstić information content (AvgIpc) is 2.43. The molecule has 0 saturated carbocycles. The van der Waals surface area contributed by atoms with Gasteiger partial charge in [-0.15, -0.1) is 0 Å². The van der Waals surface area contributed by atoms with Crippen LogP contribution in [0.4, 0.5) is 10.1 Å². The van der Waals surface area contributed by atoms with E-state index in [0.717, 1.165) is 18.3 Å². The van der Waals surface area contributed by atoms with Crippen molar-refractivity contribution < 1.29 is 24.0 Å². The standard InChI is InChI=1S/C12H6BrFN2O5/c13-8-2-1-7(4-9(8)14)21-11-10(16(19)20)3-6(5-15-11)12(17)18/h1-5H,(H,17,18). The largest absolute Gasteiger partial charge is 0.478 e. The molecule has 0 aliphatic rings. The molecule has 2 aromatic rings. The molecule has 9 heteroatoms. The molecule has 1 N–H and O–H groups in total. The second kappa shape index (κ2) is 5.83. The molecule has 1 aromatic carbocycles. The van der Waals surface area contributed by atoms with E-state index in [9.17, 15) is 19.3 Å². The van der Waals surface area contributed by atoms with Crippen LogP contribution in [0, 0.1) is 15.9 Å². The van der Waals surface area contributed by atoms with Crippen molar-refractivity contribution in [3.63, 3.8) is 0 Å². The highest BCUT2D eigenvalue weighted by Gasteiger charge is 2.21. The molecule has 0 atom stereocenters. The molecule has 0 spiro atoms. The van der Waals surface area contributed by atoms with Crippen molar-refractivity contribution in [3.8, 4) is 11.6 Å². The number of benzene rings is 1. The number of carboxylic acid groups (broad SMARTS) is 1. The Hall–Kier alpha value is -2.55. The molecule has 0 unspecified atom stereocenters. The molecule has 0 fully saturated rings. The van der Waals surface area contributed by atoms with E-state index in [4.69, 9.17) is 9.84 Å². The summed E-state index contributed by atoms with van der Waals surface area (Å²) in [6.07, 6.45) is 0.917. The lowest BCUT2D eigenvalue weighted by molar-refractivity contribution is -0.386. The van der Waals surface area contributed by atoms with Gasteiger partial charge in [-0.05, 0) is 28.1 Å². The van der Waals surface area contributed by atoms with E-state index in [0.29, 0.717) is 0 Å². The first kappa shape index (κ1) is 14.9. The van der Waals surface area contributed by atoms with Gasteiger partial charge in [0.15, 0.2) is 0 Å². The molecule has 0 radical (unpaired) electrons. The number of pyridine rings is 1. The minimum Gasteiger partial charge on any atom is -0.478 e. The molecule has 0 amide bonds. The van der Waals surface area contributed by atoms with Crippen LogP contribution in [0.3, 0.4) is 0 Å². The van der Waals surface area contributed by atoms with Gasteiger partial charge in [-0.25, -0.2) is 14.2 Å². The maximum Gasteiger partial charge on any atom is 0.337 e. The van der Waals surface area contributed by atoms with Gasteiger partial charge in [-0.3, -0.25) is 10.1 Å². The van der Waals surface area contributed by atoms with Crippen molar-refractivity contribution in [2.24, 2.45) is 0 Å². The van der Waals surface area contributed by atoms with E-state index in [-0.39, 0.29) is 15.8 Å². The summed E-state index contributed by atoms with van der Waals surface area (Å²) in [7, 11) is 0. The van der Waals surface area contributed by atoms with E-state index in [1.165, 1.54) is 12.1 Å². The first-order chi connectivity index (χ1) is 9.88. The van der Waals surface area contributed by atoms with Crippen LogP contribution in [-0.4, -0.2) is 21.0 Å². The number of aromatic nitrogens is 1. The van der Waals surface area contributed by atoms with Crippen molar-refractivity contribution in [1.29, 1.82) is 0 Å². The van der Waals surface area contributed by atoms with Crippen LogP contribution in [0.25, 0.3) is 0 Å².